The van der Waals surface area contributed by atoms with Crippen molar-refractivity contribution in [3.05, 3.63) is 52.6 Å². The Morgan fingerprint density at radius 2 is 1.78 bits per heavy atom. The van der Waals surface area contributed by atoms with Crippen LogP contribution in [0.4, 0.5) is 11.5 Å². The molecule has 2 heterocycles. The zero-order valence-corrected chi connectivity index (χ0v) is 14.6. The van der Waals surface area contributed by atoms with E-state index in [2.05, 4.69) is 26.2 Å². The first-order valence-electron chi connectivity index (χ1n) is 8.01. The summed E-state index contributed by atoms with van der Waals surface area (Å²) < 4.78 is 0.978. The Morgan fingerprint density at radius 3 is 2.43 bits per heavy atom. The summed E-state index contributed by atoms with van der Waals surface area (Å²) in [6, 6.07) is 11.6. The number of aromatic nitrogens is 1. The number of amides is 1. The summed E-state index contributed by atoms with van der Waals surface area (Å²) >= 11 is 3.50. The molecule has 1 aliphatic rings. The fraction of sp³-hybridized carbons (Fsp3) is 0.333. The average molecular weight is 374 g/mol. The molecule has 0 spiro atoms. The molecule has 1 aromatic carbocycles. The van der Waals surface area contributed by atoms with Crippen LogP contribution < -0.4 is 5.32 Å². The van der Waals surface area contributed by atoms with Gasteiger partial charge in [-0.2, -0.15) is 0 Å². The molecule has 0 radical (unpaired) electrons. The summed E-state index contributed by atoms with van der Waals surface area (Å²) in [5.41, 5.74) is 1.61. The van der Waals surface area contributed by atoms with Gasteiger partial charge in [0.2, 0.25) is 0 Å². The molecular formula is C18H20BrN3O. The largest absolute Gasteiger partial charge is 0.339 e. The van der Waals surface area contributed by atoms with Gasteiger partial charge < -0.3 is 10.2 Å². The van der Waals surface area contributed by atoms with Gasteiger partial charge in [-0.15, -0.1) is 0 Å². The predicted molar refractivity (Wildman–Crippen MR) is 96.0 cm³/mol. The number of likely N-dealkylation sites (tertiary alicyclic amines) is 1. The third-order valence-electron chi connectivity index (χ3n) is 4.04. The van der Waals surface area contributed by atoms with E-state index in [4.69, 9.17) is 0 Å². The van der Waals surface area contributed by atoms with Crippen molar-refractivity contribution in [2.75, 3.05) is 18.4 Å². The van der Waals surface area contributed by atoms with Crippen LogP contribution in [0.2, 0.25) is 0 Å². The molecule has 1 N–H and O–H groups in total. The SMILES string of the molecule is O=C(c1ccc(Nc2ccccc2Br)nc1)N1CCCCCC1. The number of nitrogens with one attached hydrogen (secondary N) is 1. The van der Waals surface area contributed by atoms with Gasteiger partial charge in [0.25, 0.3) is 5.91 Å². The molecule has 1 saturated heterocycles. The minimum Gasteiger partial charge on any atom is -0.339 e. The molecule has 1 aromatic heterocycles. The molecule has 0 aliphatic carbocycles. The van der Waals surface area contributed by atoms with Crippen LogP contribution in [-0.4, -0.2) is 28.9 Å². The molecular weight excluding hydrogens is 354 g/mol. The molecule has 2 aromatic rings. The lowest BCUT2D eigenvalue weighted by atomic mass is 10.2. The van der Waals surface area contributed by atoms with E-state index in [1.807, 2.05) is 41.3 Å². The van der Waals surface area contributed by atoms with Gasteiger partial charge in [-0.3, -0.25) is 4.79 Å². The highest BCUT2D eigenvalue weighted by Gasteiger charge is 2.17. The van der Waals surface area contributed by atoms with Gasteiger partial charge in [0.15, 0.2) is 0 Å². The minimum atomic E-state index is 0.0897. The van der Waals surface area contributed by atoms with E-state index < -0.39 is 0 Å². The number of rotatable bonds is 3. The van der Waals surface area contributed by atoms with Gasteiger partial charge in [0, 0.05) is 23.8 Å². The number of nitrogens with zero attached hydrogens (tertiary/aromatic N) is 2. The maximum atomic E-state index is 12.5. The topological polar surface area (TPSA) is 45.2 Å². The van der Waals surface area contributed by atoms with Gasteiger partial charge >= 0.3 is 0 Å². The summed E-state index contributed by atoms with van der Waals surface area (Å²) in [6.07, 6.45) is 6.29. The molecule has 0 saturated carbocycles. The lowest BCUT2D eigenvalue weighted by Crippen LogP contribution is -2.31. The smallest absolute Gasteiger partial charge is 0.255 e. The first-order valence-corrected chi connectivity index (χ1v) is 8.80. The zero-order valence-electron chi connectivity index (χ0n) is 13.0. The standard InChI is InChI=1S/C18H20BrN3O/c19-15-7-3-4-8-16(15)21-17-10-9-14(13-20-17)18(23)22-11-5-1-2-6-12-22/h3-4,7-10,13H,1-2,5-6,11-12H2,(H,20,21). The predicted octanol–water partition coefficient (Wildman–Crippen LogP) is 4.60. The fourth-order valence-corrected chi connectivity index (χ4v) is 3.14. The van der Waals surface area contributed by atoms with E-state index in [1.165, 1.54) is 12.8 Å². The van der Waals surface area contributed by atoms with Gasteiger partial charge in [0.1, 0.15) is 5.82 Å². The summed E-state index contributed by atoms with van der Waals surface area (Å²) in [5, 5.41) is 3.24. The molecule has 4 nitrogen and oxygen atoms in total. The van der Waals surface area contributed by atoms with Crippen molar-refractivity contribution in [1.82, 2.24) is 9.88 Å². The minimum absolute atomic E-state index is 0.0897. The highest BCUT2D eigenvalue weighted by molar-refractivity contribution is 9.10. The molecule has 3 rings (SSSR count). The van der Waals surface area contributed by atoms with E-state index in [-0.39, 0.29) is 5.91 Å². The van der Waals surface area contributed by atoms with E-state index in [9.17, 15) is 4.79 Å². The van der Waals surface area contributed by atoms with Crippen LogP contribution in [0, 0.1) is 0 Å². The van der Waals surface area contributed by atoms with Crippen LogP contribution in [0.25, 0.3) is 0 Å². The zero-order chi connectivity index (χ0) is 16.1. The van der Waals surface area contributed by atoms with Crippen molar-refractivity contribution in [2.24, 2.45) is 0 Å². The Morgan fingerprint density at radius 1 is 1.04 bits per heavy atom. The van der Waals surface area contributed by atoms with Crippen molar-refractivity contribution in [3.63, 3.8) is 0 Å². The van der Waals surface area contributed by atoms with Gasteiger partial charge in [-0.05, 0) is 53.0 Å². The Bertz CT molecular complexity index is 664. The normalized spacial score (nSPS) is 15.1. The first kappa shape index (κ1) is 16.0. The van der Waals surface area contributed by atoms with Crippen molar-refractivity contribution in [3.8, 4) is 0 Å². The number of carbonyl (C=O) groups is 1. The van der Waals surface area contributed by atoms with Gasteiger partial charge in [-0.1, -0.05) is 25.0 Å². The Hall–Kier alpha value is -1.88. The van der Waals surface area contributed by atoms with E-state index in [0.29, 0.717) is 5.56 Å². The van der Waals surface area contributed by atoms with Crippen LogP contribution in [0.5, 0.6) is 0 Å². The van der Waals surface area contributed by atoms with E-state index >= 15 is 0 Å². The van der Waals surface area contributed by atoms with Crippen molar-refractivity contribution >= 4 is 33.3 Å². The van der Waals surface area contributed by atoms with Crippen LogP contribution >= 0.6 is 15.9 Å². The molecule has 1 amide bonds. The van der Waals surface area contributed by atoms with Crippen LogP contribution in [0.1, 0.15) is 36.0 Å². The van der Waals surface area contributed by atoms with E-state index in [1.54, 1.807) is 6.20 Å². The maximum Gasteiger partial charge on any atom is 0.255 e. The van der Waals surface area contributed by atoms with Crippen LogP contribution in [0.15, 0.2) is 47.1 Å². The maximum absolute atomic E-state index is 12.5. The highest BCUT2D eigenvalue weighted by Crippen LogP contribution is 2.24. The second-order valence-electron chi connectivity index (χ2n) is 5.74. The second kappa shape index (κ2) is 7.59. The summed E-state index contributed by atoms with van der Waals surface area (Å²) in [5.74, 6) is 0.816. The number of para-hydroxylation sites is 1. The van der Waals surface area contributed by atoms with Gasteiger partial charge in [-0.25, -0.2) is 4.98 Å². The number of benzene rings is 1. The van der Waals surface area contributed by atoms with Crippen LogP contribution in [-0.2, 0) is 0 Å². The highest BCUT2D eigenvalue weighted by atomic mass is 79.9. The third kappa shape index (κ3) is 4.10. The number of anilines is 2. The fourth-order valence-electron chi connectivity index (χ4n) is 2.75. The average Bonchev–Trinajstić information content (AvgIpc) is 2.86. The third-order valence-corrected chi connectivity index (χ3v) is 4.73. The van der Waals surface area contributed by atoms with Crippen LogP contribution in [0.3, 0.4) is 0 Å². The molecule has 1 fully saturated rings. The summed E-state index contributed by atoms with van der Waals surface area (Å²) in [6.45, 7) is 1.71. The Labute approximate surface area is 145 Å². The number of pyridine rings is 1. The lowest BCUT2D eigenvalue weighted by molar-refractivity contribution is 0.0761. The summed E-state index contributed by atoms with van der Waals surface area (Å²) in [4.78, 5) is 18.9. The lowest BCUT2D eigenvalue weighted by Gasteiger charge is -2.20. The molecule has 120 valence electrons. The number of halogens is 1. The number of carbonyl (C=O) groups excluding carboxylic acids is 1. The Balaban J connectivity index is 1.69. The Kier molecular flexibility index (Phi) is 5.28. The van der Waals surface area contributed by atoms with Crippen molar-refractivity contribution in [1.29, 1.82) is 0 Å². The van der Waals surface area contributed by atoms with Crippen molar-refractivity contribution < 1.29 is 4.79 Å². The van der Waals surface area contributed by atoms with Gasteiger partial charge in [0.05, 0.1) is 11.3 Å². The molecule has 23 heavy (non-hydrogen) atoms. The number of hydrogen-bond acceptors (Lipinski definition) is 3. The molecule has 1 aliphatic heterocycles. The monoisotopic (exact) mass is 373 g/mol. The molecule has 0 bridgehead atoms. The van der Waals surface area contributed by atoms with Crippen molar-refractivity contribution in [2.45, 2.75) is 25.7 Å². The molecule has 0 atom stereocenters. The quantitative estimate of drug-likeness (QED) is 0.854. The van der Waals surface area contributed by atoms with E-state index in [0.717, 1.165) is 41.9 Å². The molecule has 5 heteroatoms. The summed E-state index contributed by atoms with van der Waals surface area (Å²) in [7, 11) is 0. The number of hydrogen-bond donors (Lipinski definition) is 1. The second-order valence-corrected chi connectivity index (χ2v) is 6.60. The first-order chi connectivity index (χ1) is 11.2. The molecule has 0 unspecified atom stereocenters.